The number of nitrogens with zero attached hydrogens (tertiary/aromatic N) is 1. The zero-order valence-electron chi connectivity index (χ0n) is 31.8. The van der Waals surface area contributed by atoms with Crippen LogP contribution in [0.25, 0.3) is 44.5 Å². The molecule has 274 valence electrons. The van der Waals surface area contributed by atoms with E-state index in [0.717, 1.165) is 67.4 Å². The Kier molecular flexibility index (Phi) is 8.11. The van der Waals surface area contributed by atoms with Crippen molar-refractivity contribution < 1.29 is 19.1 Å². The van der Waals surface area contributed by atoms with Crippen LogP contribution >= 0.6 is 0 Å². The van der Waals surface area contributed by atoms with Gasteiger partial charge in [0.15, 0.2) is 17.5 Å². The summed E-state index contributed by atoms with van der Waals surface area (Å²) in [6.07, 6.45) is 5.65. The van der Waals surface area contributed by atoms with Crippen LogP contribution in [0.15, 0.2) is 146 Å². The molecular formula is C50H46NO4+. The third kappa shape index (κ3) is 5.56. The van der Waals surface area contributed by atoms with Crippen molar-refractivity contribution in [2.24, 2.45) is 5.92 Å². The van der Waals surface area contributed by atoms with E-state index in [4.69, 9.17) is 19.1 Å². The number of aliphatic hydroxyl groups is 1. The fraction of sp³-hybridized carbons (Fsp3) is 0.240. The van der Waals surface area contributed by atoms with Gasteiger partial charge >= 0.3 is 0 Å². The molecular weight excluding hydrogens is 679 g/mol. The molecule has 7 aromatic carbocycles. The predicted molar refractivity (Wildman–Crippen MR) is 221 cm³/mol. The first kappa shape index (κ1) is 34.4. The van der Waals surface area contributed by atoms with Crippen molar-refractivity contribution in [1.82, 2.24) is 5.23 Å². The van der Waals surface area contributed by atoms with Gasteiger partial charge in [0.25, 0.3) is 5.60 Å². The van der Waals surface area contributed by atoms with E-state index in [1.807, 2.05) is 20.9 Å². The lowest BCUT2D eigenvalue weighted by atomic mass is 9.71. The van der Waals surface area contributed by atoms with Crippen molar-refractivity contribution in [2.75, 3.05) is 7.05 Å². The molecule has 2 heterocycles. The maximum Gasteiger partial charge on any atom is 0.269 e. The summed E-state index contributed by atoms with van der Waals surface area (Å²) in [5, 5.41) is 11.0. The Morgan fingerprint density at radius 3 is 1.65 bits per heavy atom. The highest BCUT2D eigenvalue weighted by Gasteiger charge is 2.70. The van der Waals surface area contributed by atoms with Crippen molar-refractivity contribution in [3.8, 4) is 0 Å². The minimum atomic E-state index is -1.17. The summed E-state index contributed by atoms with van der Waals surface area (Å²) in [6, 6.07) is 52.3. The van der Waals surface area contributed by atoms with Gasteiger partial charge in [-0.15, -0.1) is 0 Å². The van der Waals surface area contributed by atoms with Crippen molar-refractivity contribution in [3.05, 3.63) is 178 Å². The first-order valence-corrected chi connectivity index (χ1v) is 19.6. The first-order valence-electron chi connectivity index (χ1n) is 19.6. The lowest BCUT2D eigenvalue weighted by molar-refractivity contribution is -0.501. The Balaban J connectivity index is 1.29. The maximum absolute atomic E-state index is 7.47. The van der Waals surface area contributed by atoms with E-state index < -0.39 is 29.2 Å². The fourth-order valence-corrected chi connectivity index (χ4v) is 9.43. The van der Waals surface area contributed by atoms with Crippen LogP contribution in [-0.4, -0.2) is 35.1 Å². The number of ether oxygens (including phenoxy) is 2. The van der Waals surface area contributed by atoms with E-state index in [-0.39, 0.29) is 0 Å². The Morgan fingerprint density at radius 2 is 1.07 bits per heavy atom. The van der Waals surface area contributed by atoms with Crippen LogP contribution in [0.4, 0.5) is 0 Å². The summed E-state index contributed by atoms with van der Waals surface area (Å²) < 4.78 is 14.6. The quantitative estimate of drug-likeness (QED) is 0.166. The van der Waals surface area contributed by atoms with E-state index in [2.05, 4.69) is 165 Å². The molecule has 0 amide bonds. The number of hydrogen-bond acceptors (Lipinski definition) is 4. The monoisotopic (exact) mass is 724 g/mol. The zero-order valence-corrected chi connectivity index (χ0v) is 31.8. The zero-order chi connectivity index (χ0) is 37.4. The normalized spacial score (nSPS) is 24.5. The molecule has 2 aliphatic heterocycles. The van der Waals surface area contributed by atoms with Crippen molar-refractivity contribution in [3.63, 3.8) is 0 Å². The molecule has 0 radical (unpaired) electrons. The Hall–Kier alpha value is -5.14. The average Bonchev–Trinajstić information content (AvgIpc) is 3.51. The average molecular weight is 725 g/mol. The summed E-state index contributed by atoms with van der Waals surface area (Å²) in [5.41, 5.74) is 1.72. The molecule has 1 N–H and O–H groups in total. The van der Waals surface area contributed by atoms with Crippen LogP contribution in [0.5, 0.6) is 0 Å². The van der Waals surface area contributed by atoms with E-state index in [1.165, 1.54) is 10.4 Å². The molecule has 5 nitrogen and oxygen atoms in total. The topological polar surface area (TPSA) is 43.7 Å². The van der Waals surface area contributed by atoms with Crippen LogP contribution < -0.4 is 10.4 Å². The van der Waals surface area contributed by atoms with E-state index in [0.29, 0.717) is 5.92 Å². The highest BCUT2D eigenvalue weighted by atomic mass is 17.0. The molecule has 0 aromatic heterocycles. The molecule has 3 aliphatic rings. The number of hydroxylamine groups is 2. The maximum atomic E-state index is 7.47. The second kappa shape index (κ2) is 13.0. The molecule has 7 aromatic rings. The van der Waals surface area contributed by atoms with Gasteiger partial charge in [0.2, 0.25) is 0 Å². The standard InChI is InChI=1S/C50H45NO4/c1-5-33-18-19-41-32-45(27-23-40(41)28-33)50(44-26-22-36-14-8-11-17-39(36)31-44)47-46(52-48(2,3)53-47)49(54-51(4)55-50,42-24-20-34-12-6-9-15-37(34)29-42)43-25-21-35-13-7-10-16-38(35)30-43/h6-17,19-33,46-47H,5,18H2,1-4H3/p+1/t33?,46-,47-,50?/m1/s1. The smallest absolute Gasteiger partial charge is 0.269 e. The van der Waals surface area contributed by atoms with Gasteiger partial charge < -0.3 is 9.47 Å². The summed E-state index contributed by atoms with van der Waals surface area (Å²) in [7, 11) is 1.92. The van der Waals surface area contributed by atoms with Gasteiger partial charge in [0.1, 0.15) is 6.10 Å². The van der Waals surface area contributed by atoms with Gasteiger partial charge in [-0.25, -0.2) is 4.84 Å². The third-order valence-electron chi connectivity index (χ3n) is 12.1. The SMILES string of the molecule is CCC1C=c2ccc(C3(c4ccc5ccccc5c4)ON(C)[OH+]C(c4ccc5ccccc5c4)(c4ccc5ccccc5c4)[C@@H]4OC(C)(C)O[C@H]43)cc2=CC1. The van der Waals surface area contributed by atoms with Gasteiger partial charge in [0, 0.05) is 11.1 Å². The molecule has 4 atom stereocenters. The summed E-state index contributed by atoms with van der Waals surface area (Å²) >= 11 is 0. The second-order valence-corrected chi connectivity index (χ2v) is 15.9. The van der Waals surface area contributed by atoms with Crippen LogP contribution in [0.1, 0.15) is 55.9 Å². The van der Waals surface area contributed by atoms with Crippen LogP contribution in [0.3, 0.4) is 0 Å². The summed E-state index contributed by atoms with van der Waals surface area (Å²) in [4.78, 5) is 13.2. The van der Waals surface area contributed by atoms with E-state index in [9.17, 15) is 0 Å². The Bertz CT molecular complexity index is 2660. The second-order valence-electron chi connectivity index (χ2n) is 15.9. The summed E-state index contributed by atoms with van der Waals surface area (Å²) in [5.74, 6) is -0.429. The number of benzene rings is 7. The Morgan fingerprint density at radius 1 is 0.582 bits per heavy atom. The molecule has 0 spiro atoms. The van der Waals surface area contributed by atoms with Crippen molar-refractivity contribution in [1.29, 1.82) is 0 Å². The van der Waals surface area contributed by atoms with Crippen molar-refractivity contribution in [2.45, 2.75) is 62.8 Å². The van der Waals surface area contributed by atoms with Gasteiger partial charge in [-0.2, -0.15) is 0 Å². The molecule has 55 heavy (non-hydrogen) atoms. The van der Waals surface area contributed by atoms with Crippen molar-refractivity contribution >= 4 is 44.5 Å². The minimum Gasteiger partial charge on any atom is -0.340 e. The lowest BCUT2D eigenvalue weighted by Crippen LogP contribution is -2.54. The van der Waals surface area contributed by atoms with Gasteiger partial charge in [-0.1, -0.05) is 128 Å². The number of fused-ring (bicyclic) bond motifs is 5. The Labute approximate surface area is 321 Å². The van der Waals surface area contributed by atoms with Gasteiger partial charge in [-0.3, -0.25) is 4.84 Å². The molecule has 0 bridgehead atoms. The van der Waals surface area contributed by atoms with Crippen LogP contribution in [-0.2, 0) is 25.5 Å². The van der Waals surface area contributed by atoms with Crippen LogP contribution in [0.2, 0.25) is 0 Å². The van der Waals surface area contributed by atoms with E-state index in [1.54, 1.807) is 5.23 Å². The molecule has 10 rings (SSSR count). The predicted octanol–water partition coefficient (Wildman–Crippen LogP) is 9.16. The van der Waals surface area contributed by atoms with Gasteiger partial charge in [-0.05, 0) is 123 Å². The highest BCUT2D eigenvalue weighted by Crippen LogP contribution is 2.55. The molecule has 0 saturated carbocycles. The lowest BCUT2D eigenvalue weighted by Gasteiger charge is -2.39. The molecule has 2 fully saturated rings. The largest absolute Gasteiger partial charge is 0.340 e. The summed E-state index contributed by atoms with van der Waals surface area (Å²) in [6.45, 7) is 6.30. The highest BCUT2D eigenvalue weighted by molar-refractivity contribution is 5.86. The minimum absolute atomic E-state index is 0.535. The van der Waals surface area contributed by atoms with E-state index >= 15 is 0 Å². The first-order chi connectivity index (χ1) is 26.8. The number of rotatable bonds is 5. The van der Waals surface area contributed by atoms with Gasteiger partial charge in [0.05, 0.1) is 12.3 Å². The molecule has 1 aliphatic carbocycles. The molecule has 2 unspecified atom stereocenters. The fourth-order valence-electron chi connectivity index (χ4n) is 9.43. The molecule has 2 saturated heterocycles. The number of hydrogen-bond donors (Lipinski definition) is 0. The molecule has 5 heteroatoms. The third-order valence-corrected chi connectivity index (χ3v) is 12.1. The van der Waals surface area contributed by atoms with Crippen LogP contribution in [0, 0.1) is 5.92 Å².